The Hall–Kier alpha value is -1.43. The first-order valence-corrected chi connectivity index (χ1v) is 6.03. The van der Waals surface area contributed by atoms with Gasteiger partial charge in [0.15, 0.2) is 0 Å². The van der Waals surface area contributed by atoms with E-state index in [2.05, 4.69) is 5.32 Å². The molecule has 2 aliphatic rings. The molecule has 2 atom stereocenters. The third kappa shape index (κ3) is 1.55. The zero-order valence-electron chi connectivity index (χ0n) is 11.1. The molecular formula is C12H18N2O4. The number of urea groups is 1. The molecule has 0 radical (unpaired) electrons. The standard InChI is InChI=1S/C12H18N2O4/c1-7-12(4,5-6-18-7)14-9(16)11(2,3)8(15)13-10(14)17/h7H,5-6H2,1-4H3,(H,13,15,17). The van der Waals surface area contributed by atoms with Gasteiger partial charge in [-0.3, -0.25) is 19.8 Å². The van der Waals surface area contributed by atoms with E-state index in [0.29, 0.717) is 13.0 Å². The van der Waals surface area contributed by atoms with Crippen LogP contribution in [0.5, 0.6) is 0 Å². The zero-order valence-corrected chi connectivity index (χ0v) is 11.1. The smallest absolute Gasteiger partial charge is 0.331 e. The largest absolute Gasteiger partial charge is 0.376 e. The van der Waals surface area contributed by atoms with Crippen molar-refractivity contribution in [2.75, 3.05) is 6.61 Å². The normalized spacial score (nSPS) is 35.9. The van der Waals surface area contributed by atoms with Crippen LogP contribution in [0.4, 0.5) is 4.79 Å². The van der Waals surface area contributed by atoms with Gasteiger partial charge < -0.3 is 4.74 Å². The topological polar surface area (TPSA) is 75.7 Å². The molecule has 0 bridgehead atoms. The molecule has 100 valence electrons. The summed E-state index contributed by atoms with van der Waals surface area (Å²) >= 11 is 0. The minimum atomic E-state index is -1.22. The van der Waals surface area contributed by atoms with Crippen LogP contribution in [0.15, 0.2) is 0 Å². The van der Waals surface area contributed by atoms with Crippen molar-refractivity contribution in [3.05, 3.63) is 0 Å². The summed E-state index contributed by atoms with van der Waals surface area (Å²) in [6.45, 7) is 7.19. The highest BCUT2D eigenvalue weighted by Crippen LogP contribution is 2.36. The molecule has 2 heterocycles. The van der Waals surface area contributed by atoms with E-state index in [0.717, 1.165) is 4.90 Å². The van der Waals surface area contributed by atoms with Crippen LogP contribution >= 0.6 is 0 Å². The molecule has 0 spiro atoms. The second kappa shape index (κ2) is 3.78. The van der Waals surface area contributed by atoms with Crippen molar-refractivity contribution in [2.24, 2.45) is 5.41 Å². The molecule has 0 saturated carbocycles. The van der Waals surface area contributed by atoms with Crippen molar-refractivity contribution in [2.45, 2.75) is 45.8 Å². The number of amides is 4. The number of nitrogens with zero attached hydrogens (tertiary/aromatic N) is 1. The number of rotatable bonds is 1. The van der Waals surface area contributed by atoms with Crippen molar-refractivity contribution >= 4 is 17.8 Å². The zero-order chi connectivity index (χ0) is 13.7. The van der Waals surface area contributed by atoms with Gasteiger partial charge in [-0.05, 0) is 34.1 Å². The van der Waals surface area contributed by atoms with Crippen molar-refractivity contribution < 1.29 is 19.1 Å². The first-order chi connectivity index (χ1) is 8.21. The van der Waals surface area contributed by atoms with Gasteiger partial charge in [-0.25, -0.2) is 4.79 Å². The average molecular weight is 254 g/mol. The highest BCUT2D eigenvalue weighted by atomic mass is 16.5. The number of carbonyl (C=O) groups is 3. The van der Waals surface area contributed by atoms with Gasteiger partial charge in [0.1, 0.15) is 5.41 Å². The second-order valence-corrected chi connectivity index (χ2v) is 5.65. The maximum absolute atomic E-state index is 12.4. The van der Waals surface area contributed by atoms with Gasteiger partial charge >= 0.3 is 6.03 Å². The number of nitrogens with one attached hydrogen (secondary N) is 1. The van der Waals surface area contributed by atoms with Crippen LogP contribution in [0.3, 0.4) is 0 Å². The third-order valence-corrected chi connectivity index (χ3v) is 4.09. The fourth-order valence-corrected chi connectivity index (χ4v) is 2.36. The van der Waals surface area contributed by atoms with Crippen LogP contribution in [-0.2, 0) is 14.3 Å². The van der Waals surface area contributed by atoms with Gasteiger partial charge in [-0.1, -0.05) is 0 Å². The highest BCUT2D eigenvalue weighted by Gasteiger charge is 2.56. The molecule has 0 aromatic heterocycles. The Morgan fingerprint density at radius 3 is 2.39 bits per heavy atom. The summed E-state index contributed by atoms with van der Waals surface area (Å²) in [7, 11) is 0. The Morgan fingerprint density at radius 2 is 1.89 bits per heavy atom. The van der Waals surface area contributed by atoms with Gasteiger partial charge in [-0.2, -0.15) is 0 Å². The number of ether oxygens (including phenoxy) is 1. The molecule has 2 rings (SSSR count). The van der Waals surface area contributed by atoms with Crippen LogP contribution in [0.2, 0.25) is 0 Å². The van der Waals surface area contributed by atoms with Crippen LogP contribution in [0, 0.1) is 5.41 Å². The molecule has 6 heteroatoms. The Kier molecular flexibility index (Phi) is 2.73. The van der Waals surface area contributed by atoms with Gasteiger partial charge in [0.2, 0.25) is 11.8 Å². The van der Waals surface area contributed by atoms with Crippen molar-refractivity contribution in [1.29, 1.82) is 0 Å². The first kappa shape index (κ1) is 13.0. The van der Waals surface area contributed by atoms with Gasteiger partial charge in [0.25, 0.3) is 0 Å². The van der Waals surface area contributed by atoms with Crippen LogP contribution in [-0.4, -0.2) is 41.0 Å². The second-order valence-electron chi connectivity index (χ2n) is 5.65. The molecule has 2 aliphatic heterocycles. The summed E-state index contributed by atoms with van der Waals surface area (Å²) < 4.78 is 5.45. The van der Waals surface area contributed by atoms with E-state index in [-0.39, 0.29) is 6.10 Å². The number of imide groups is 2. The minimum absolute atomic E-state index is 0.240. The van der Waals surface area contributed by atoms with Crippen LogP contribution < -0.4 is 5.32 Å². The summed E-state index contributed by atoms with van der Waals surface area (Å²) in [5, 5.41) is 2.24. The number of hydrogen-bond acceptors (Lipinski definition) is 4. The molecule has 4 amide bonds. The average Bonchev–Trinajstić information content (AvgIpc) is 2.58. The third-order valence-electron chi connectivity index (χ3n) is 4.09. The molecule has 0 aromatic carbocycles. The lowest BCUT2D eigenvalue weighted by Crippen LogP contribution is -2.69. The fourth-order valence-electron chi connectivity index (χ4n) is 2.36. The van der Waals surface area contributed by atoms with Gasteiger partial charge in [0.05, 0.1) is 11.6 Å². The van der Waals surface area contributed by atoms with Crippen LogP contribution in [0.25, 0.3) is 0 Å². The lowest BCUT2D eigenvalue weighted by molar-refractivity contribution is -0.154. The summed E-state index contributed by atoms with van der Waals surface area (Å²) in [6.07, 6.45) is 0.341. The van der Waals surface area contributed by atoms with Crippen molar-refractivity contribution in [1.82, 2.24) is 10.2 Å². The SMILES string of the molecule is CC1OCCC1(C)N1C(=O)NC(=O)C(C)(C)C1=O. The number of carbonyl (C=O) groups excluding carboxylic acids is 3. The maximum Gasteiger partial charge on any atom is 0.331 e. The van der Waals surface area contributed by atoms with E-state index in [1.165, 1.54) is 13.8 Å². The van der Waals surface area contributed by atoms with E-state index >= 15 is 0 Å². The molecule has 18 heavy (non-hydrogen) atoms. The van der Waals surface area contributed by atoms with Gasteiger partial charge in [0, 0.05) is 6.61 Å². The fraction of sp³-hybridized carbons (Fsp3) is 0.750. The molecule has 1 N–H and O–H groups in total. The van der Waals surface area contributed by atoms with E-state index in [9.17, 15) is 14.4 Å². The Morgan fingerprint density at radius 1 is 1.28 bits per heavy atom. The summed E-state index contributed by atoms with van der Waals surface area (Å²) in [6, 6.07) is -0.649. The lowest BCUT2D eigenvalue weighted by atomic mass is 9.83. The lowest BCUT2D eigenvalue weighted by Gasteiger charge is -2.44. The predicted molar refractivity (Wildman–Crippen MR) is 62.6 cm³/mol. The molecular weight excluding hydrogens is 236 g/mol. The predicted octanol–water partition coefficient (Wildman–Crippen LogP) is 0.658. The maximum atomic E-state index is 12.4. The van der Waals surface area contributed by atoms with Crippen molar-refractivity contribution in [3.63, 3.8) is 0 Å². The Labute approximate surface area is 106 Å². The highest BCUT2D eigenvalue weighted by molar-refractivity contribution is 6.19. The summed E-state index contributed by atoms with van der Waals surface area (Å²) in [5.41, 5.74) is -1.92. The number of hydrogen-bond donors (Lipinski definition) is 1. The van der Waals surface area contributed by atoms with E-state index in [1.807, 2.05) is 13.8 Å². The minimum Gasteiger partial charge on any atom is -0.376 e. The van der Waals surface area contributed by atoms with Crippen molar-refractivity contribution in [3.8, 4) is 0 Å². The quantitative estimate of drug-likeness (QED) is 0.697. The molecule has 2 unspecified atom stereocenters. The summed E-state index contributed by atoms with van der Waals surface area (Å²) in [5.74, 6) is -1.01. The van der Waals surface area contributed by atoms with Crippen LogP contribution in [0.1, 0.15) is 34.1 Å². The van der Waals surface area contributed by atoms with E-state index < -0.39 is 28.8 Å². The van der Waals surface area contributed by atoms with E-state index in [4.69, 9.17) is 4.74 Å². The number of barbiturate groups is 1. The summed E-state index contributed by atoms with van der Waals surface area (Å²) in [4.78, 5) is 37.2. The Bertz CT molecular complexity index is 432. The Balaban J connectivity index is 2.41. The molecule has 2 fully saturated rings. The first-order valence-electron chi connectivity index (χ1n) is 6.03. The van der Waals surface area contributed by atoms with E-state index in [1.54, 1.807) is 0 Å². The molecule has 6 nitrogen and oxygen atoms in total. The monoisotopic (exact) mass is 254 g/mol. The molecule has 0 aromatic rings. The molecule has 2 saturated heterocycles. The molecule has 0 aliphatic carbocycles. The van der Waals surface area contributed by atoms with Gasteiger partial charge in [-0.15, -0.1) is 0 Å².